The summed E-state index contributed by atoms with van der Waals surface area (Å²) in [5, 5.41) is 0. The molecule has 3 aromatic rings. The van der Waals surface area contributed by atoms with Gasteiger partial charge in [-0.25, -0.2) is 12.7 Å². The molecule has 0 spiro atoms. The topological polar surface area (TPSA) is 49.7 Å². The van der Waals surface area contributed by atoms with Gasteiger partial charge in [0, 0.05) is 10.0 Å². The largest absolute Gasteiger partial charge is 0.265 e. The van der Waals surface area contributed by atoms with Crippen molar-refractivity contribution in [3.63, 3.8) is 0 Å². The van der Waals surface area contributed by atoms with Gasteiger partial charge >= 0.3 is 0 Å². The van der Waals surface area contributed by atoms with Crippen molar-refractivity contribution in [2.75, 3.05) is 0 Å². The van der Waals surface area contributed by atoms with Gasteiger partial charge in [-0.1, -0.05) is 76.6 Å². The lowest BCUT2D eigenvalue weighted by atomic mass is 10.0. The quantitative estimate of drug-likeness (QED) is 0.554. The molecule has 2 atom stereocenters. The average Bonchev–Trinajstić information content (AvgIpc) is 3.07. The highest BCUT2D eigenvalue weighted by atomic mass is 79.9. The van der Waals surface area contributed by atoms with Gasteiger partial charge < -0.3 is 0 Å². The van der Waals surface area contributed by atoms with Crippen molar-refractivity contribution in [3.8, 4) is 0 Å². The Morgan fingerprint density at radius 3 is 2.04 bits per heavy atom. The van der Waals surface area contributed by atoms with E-state index in [9.17, 15) is 8.42 Å². The maximum absolute atomic E-state index is 13.5. The van der Waals surface area contributed by atoms with E-state index in [-0.39, 0.29) is 17.0 Å². The summed E-state index contributed by atoms with van der Waals surface area (Å²) in [5.41, 5.74) is 1.78. The summed E-state index contributed by atoms with van der Waals surface area (Å²) in [6, 6.07) is 25.4. The first kappa shape index (κ1) is 18.9. The number of amidine groups is 1. The maximum Gasteiger partial charge on any atom is 0.265 e. The molecule has 28 heavy (non-hydrogen) atoms. The van der Waals surface area contributed by atoms with Crippen LogP contribution in [0.3, 0.4) is 0 Å². The predicted molar refractivity (Wildman–Crippen MR) is 115 cm³/mol. The first-order valence-electron chi connectivity index (χ1n) is 8.96. The average molecular weight is 455 g/mol. The van der Waals surface area contributed by atoms with Crippen LogP contribution in [-0.2, 0) is 10.0 Å². The van der Waals surface area contributed by atoms with Crippen LogP contribution < -0.4 is 0 Å². The van der Waals surface area contributed by atoms with Gasteiger partial charge in [-0.3, -0.25) is 4.99 Å². The van der Waals surface area contributed by atoms with Crippen LogP contribution in [0.4, 0.5) is 0 Å². The number of aliphatic imine (C=N–C) groups is 1. The van der Waals surface area contributed by atoms with Crippen molar-refractivity contribution < 1.29 is 8.42 Å². The molecule has 0 N–H and O–H groups in total. The molecule has 0 saturated heterocycles. The van der Waals surface area contributed by atoms with Gasteiger partial charge in [-0.05, 0) is 36.8 Å². The summed E-state index contributed by atoms with van der Waals surface area (Å²) in [6.45, 7) is 1.91. The smallest absolute Gasteiger partial charge is 0.257 e. The second-order valence-electron chi connectivity index (χ2n) is 6.67. The van der Waals surface area contributed by atoms with Crippen molar-refractivity contribution in [2.45, 2.75) is 23.9 Å². The van der Waals surface area contributed by atoms with Gasteiger partial charge in [-0.15, -0.1) is 0 Å². The fraction of sp³-hybridized carbons (Fsp3) is 0.136. The summed E-state index contributed by atoms with van der Waals surface area (Å²) in [7, 11) is -3.76. The molecule has 1 aliphatic rings. The van der Waals surface area contributed by atoms with Crippen molar-refractivity contribution in [2.24, 2.45) is 4.99 Å². The van der Waals surface area contributed by atoms with E-state index < -0.39 is 10.0 Å². The van der Waals surface area contributed by atoms with Crippen LogP contribution in [0, 0.1) is 0 Å². The number of halogens is 1. The van der Waals surface area contributed by atoms with Crippen LogP contribution in [0.15, 0.2) is 99.3 Å². The zero-order chi connectivity index (χ0) is 19.7. The number of hydrogen-bond acceptors (Lipinski definition) is 3. The van der Waals surface area contributed by atoms with E-state index in [1.54, 1.807) is 24.3 Å². The minimum absolute atomic E-state index is 0.250. The van der Waals surface area contributed by atoms with Crippen molar-refractivity contribution in [1.29, 1.82) is 0 Å². The highest BCUT2D eigenvalue weighted by molar-refractivity contribution is 9.10. The summed E-state index contributed by atoms with van der Waals surface area (Å²) >= 11 is 3.36. The van der Waals surface area contributed by atoms with E-state index in [0.717, 1.165) is 15.6 Å². The molecule has 0 saturated carbocycles. The first-order valence-corrected chi connectivity index (χ1v) is 11.2. The van der Waals surface area contributed by atoms with E-state index in [4.69, 9.17) is 4.99 Å². The molecule has 0 aliphatic carbocycles. The molecule has 6 heteroatoms. The second kappa shape index (κ2) is 7.53. The van der Waals surface area contributed by atoms with Gasteiger partial charge in [0.05, 0.1) is 17.0 Å². The predicted octanol–water partition coefficient (Wildman–Crippen LogP) is 5.03. The molecule has 0 unspecified atom stereocenters. The molecule has 0 aromatic heterocycles. The minimum atomic E-state index is -3.76. The SMILES string of the molecule is C[C@@H]1[C@H](c2ccccc2)N=C(c2ccccc2)N1S(=O)(=O)c1ccc(Br)cc1. The number of nitrogens with zero attached hydrogens (tertiary/aromatic N) is 2. The highest BCUT2D eigenvalue weighted by Gasteiger charge is 2.42. The Balaban J connectivity index is 1.84. The van der Waals surface area contributed by atoms with Crippen molar-refractivity contribution >= 4 is 31.8 Å². The third-order valence-corrected chi connectivity index (χ3v) is 7.26. The number of sulfonamides is 1. The Morgan fingerprint density at radius 1 is 0.857 bits per heavy atom. The molecule has 0 amide bonds. The zero-order valence-electron chi connectivity index (χ0n) is 15.2. The van der Waals surface area contributed by atoms with Crippen LogP contribution in [-0.4, -0.2) is 24.6 Å². The summed E-state index contributed by atoms with van der Waals surface area (Å²) in [6.07, 6.45) is 0. The minimum Gasteiger partial charge on any atom is -0.257 e. The van der Waals surface area contributed by atoms with Gasteiger partial charge in [0.25, 0.3) is 10.0 Å². The monoisotopic (exact) mass is 454 g/mol. The lowest BCUT2D eigenvalue weighted by molar-refractivity contribution is 0.434. The van der Waals surface area contributed by atoms with Gasteiger partial charge in [0.15, 0.2) is 0 Å². The van der Waals surface area contributed by atoms with Crippen LogP contribution in [0.2, 0.25) is 0 Å². The molecule has 1 aliphatic heterocycles. The molecular formula is C22H19BrN2O2S. The molecule has 4 nitrogen and oxygen atoms in total. The Labute approximate surface area is 173 Å². The van der Waals surface area contributed by atoms with Crippen LogP contribution in [0.25, 0.3) is 0 Å². The summed E-state index contributed by atoms with van der Waals surface area (Å²) in [5.74, 6) is 0.477. The van der Waals surface area contributed by atoms with Crippen LogP contribution in [0.5, 0.6) is 0 Å². The lowest BCUT2D eigenvalue weighted by Gasteiger charge is -2.27. The van der Waals surface area contributed by atoms with E-state index in [2.05, 4.69) is 15.9 Å². The molecule has 142 valence electrons. The van der Waals surface area contributed by atoms with E-state index in [1.165, 1.54) is 4.31 Å². The summed E-state index contributed by atoms with van der Waals surface area (Å²) < 4.78 is 29.4. The van der Waals surface area contributed by atoms with Gasteiger partial charge in [-0.2, -0.15) is 0 Å². The molecule has 4 rings (SSSR count). The molecule has 0 bridgehead atoms. The maximum atomic E-state index is 13.5. The number of benzene rings is 3. The van der Waals surface area contributed by atoms with E-state index in [1.807, 2.05) is 67.6 Å². The fourth-order valence-electron chi connectivity index (χ4n) is 3.46. The molecule has 1 heterocycles. The highest BCUT2D eigenvalue weighted by Crippen LogP contribution is 2.37. The standard InChI is InChI=1S/C22H19BrN2O2S/c1-16-21(17-8-4-2-5-9-17)24-22(18-10-6-3-7-11-18)25(16)28(26,27)20-14-12-19(23)13-15-20/h2-16,21H,1H3/t16-,21-/m1/s1. The van der Waals surface area contributed by atoms with Gasteiger partial charge in [0.1, 0.15) is 5.84 Å². The van der Waals surface area contributed by atoms with Crippen molar-refractivity contribution in [1.82, 2.24) is 4.31 Å². The molecule has 3 aromatic carbocycles. The third kappa shape index (κ3) is 3.38. The second-order valence-corrected chi connectivity index (χ2v) is 9.40. The fourth-order valence-corrected chi connectivity index (χ4v) is 5.37. The Kier molecular flexibility index (Phi) is 5.08. The van der Waals surface area contributed by atoms with Crippen LogP contribution in [0.1, 0.15) is 24.1 Å². The Morgan fingerprint density at radius 2 is 1.43 bits per heavy atom. The van der Waals surface area contributed by atoms with Crippen LogP contribution >= 0.6 is 15.9 Å². The number of hydrogen-bond donors (Lipinski definition) is 0. The molecule has 0 fully saturated rings. The van der Waals surface area contributed by atoms with Gasteiger partial charge in [0.2, 0.25) is 0 Å². The lowest BCUT2D eigenvalue weighted by Crippen LogP contribution is -2.40. The first-order chi connectivity index (χ1) is 13.5. The Bertz CT molecular complexity index is 1100. The zero-order valence-corrected chi connectivity index (χ0v) is 17.6. The normalized spacial score (nSPS) is 19.5. The molecule has 0 radical (unpaired) electrons. The molecular weight excluding hydrogens is 436 g/mol. The van der Waals surface area contributed by atoms with E-state index in [0.29, 0.717) is 5.84 Å². The Hall–Kier alpha value is -2.44. The van der Waals surface area contributed by atoms with Crippen molar-refractivity contribution in [3.05, 3.63) is 101 Å². The third-order valence-electron chi connectivity index (χ3n) is 4.84. The summed E-state index contributed by atoms with van der Waals surface area (Å²) in [4.78, 5) is 5.10. The van der Waals surface area contributed by atoms with E-state index >= 15 is 0 Å². The number of rotatable bonds is 4.